The number of aryl methyl sites for hydroxylation is 1. The molecule has 0 radical (unpaired) electrons. The molecule has 3 rings (SSSR count). The average Bonchev–Trinajstić information content (AvgIpc) is 2.71. The van der Waals surface area contributed by atoms with Gasteiger partial charge in [-0.2, -0.15) is 4.31 Å². The van der Waals surface area contributed by atoms with Gasteiger partial charge < -0.3 is 9.30 Å². The summed E-state index contributed by atoms with van der Waals surface area (Å²) >= 11 is 0. The summed E-state index contributed by atoms with van der Waals surface area (Å²) < 4.78 is 68.5. The number of aromatic nitrogens is 1. The van der Waals surface area contributed by atoms with Crippen molar-refractivity contribution in [1.29, 1.82) is 0 Å². The first kappa shape index (κ1) is 22.8. The summed E-state index contributed by atoms with van der Waals surface area (Å²) in [6.07, 6.45) is -1.25. The highest BCUT2D eigenvalue weighted by atomic mass is 32.2. The van der Waals surface area contributed by atoms with E-state index in [4.69, 9.17) is 4.84 Å². The maximum atomic E-state index is 12.7. The number of alkyl halides is 3. The number of benzene rings is 1. The molecule has 8 nitrogen and oxygen atoms in total. The van der Waals surface area contributed by atoms with Gasteiger partial charge in [-0.25, -0.2) is 8.42 Å². The Morgan fingerprint density at radius 3 is 2.48 bits per heavy atom. The van der Waals surface area contributed by atoms with Gasteiger partial charge in [0.25, 0.3) is 5.56 Å². The molecule has 0 fully saturated rings. The number of halogens is 3. The lowest BCUT2D eigenvalue weighted by Gasteiger charge is -2.26. The van der Waals surface area contributed by atoms with E-state index < -0.39 is 22.1 Å². The molecule has 1 aliphatic rings. The smallest absolute Gasteiger partial charge is 0.406 e. The Morgan fingerprint density at radius 2 is 1.87 bits per heavy atom. The fourth-order valence-corrected chi connectivity index (χ4v) is 4.27. The van der Waals surface area contributed by atoms with Crippen molar-refractivity contribution in [2.45, 2.75) is 24.3 Å². The predicted molar refractivity (Wildman–Crippen MR) is 104 cm³/mol. The Hall–Kier alpha value is -2.83. The van der Waals surface area contributed by atoms with E-state index >= 15 is 0 Å². The van der Waals surface area contributed by atoms with Crippen molar-refractivity contribution in [3.05, 3.63) is 70.3 Å². The second-order valence-corrected chi connectivity index (χ2v) is 8.64. The van der Waals surface area contributed by atoms with Crippen molar-refractivity contribution in [1.82, 2.24) is 14.4 Å². The number of nitrogens with one attached hydrogen (secondary N) is 1. The molecule has 0 aliphatic carbocycles. The predicted octanol–water partition coefficient (Wildman–Crippen LogP) is 2.28. The van der Waals surface area contributed by atoms with Gasteiger partial charge >= 0.3 is 6.36 Å². The largest absolute Gasteiger partial charge is 0.573 e. The zero-order valence-electron chi connectivity index (χ0n) is 16.4. The van der Waals surface area contributed by atoms with Crippen LogP contribution in [0.2, 0.25) is 0 Å². The summed E-state index contributed by atoms with van der Waals surface area (Å²) in [5.74, 6) is -0.498. The minimum absolute atomic E-state index is 0.0409. The molecule has 0 unspecified atom stereocenters. The van der Waals surface area contributed by atoms with Crippen LogP contribution in [0.4, 0.5) is 13.2 Å². The van der Waals surface area contributed by atoms with Gasteiger partial charge in [0, 0.05) is 44.0 Å². The Balaban J connectivity index is 1.57. The molecular formula is C19H20F3N3O5S. The first-order valence-electron chi connectivity index (χ1n) is 9.13. The molecule has 1 N–H and O–H groups in total. The first-order valence-corrected chi connectivity index (χ1v) is 10.6. The van der Waals surface area contributed by atoms with Gasteiger partial charge in [0.2, 0.25) is 10.0 Å². The molecule has 1 aliphatic heterocycles. The summed E-state index contributed by atoms with van der Waals surface area (Å²) in [6, 6.07) is 7.42. The van der Waals surface area contributed by atoms with Gasteiger partial charge in [0.1, 0.15) is 12.4 Å². The van der Waals surface area contributed by atoms with Crippen LogP contribution in [-0.2, 0) is 28.5 Å². The van der Waals surface area contributed by atoms with Crippen LogP contribution in [0.15, 0.2) is 64.1 Å². The van der Waals surface area contributed by atoms with E-state index in [0.29, 0.717) is 17.7 Å². The molecule has 0 saturated heterocycles. The first-order chi connectivity index (χ1) is 14.6. The van der Waals surface area contributed by atoms with Crippen LogP contribution in [0.5, 0.6) is 5.75 Å². The Bertz CT molecular complexity index is 1110. The summed E-state index contributed by atoms with van der Waals surface area (Å²) in [7, 11) is -2.25. The number of pyridine rings is 1. The molecule has 0 atom stereocenters. The summed E-state index contributed by atoms with van der Waals surface area (Å²) in [5, 5.41) is 0. The monoisotopic (exact) mass is 459 g/mol. The minimum atomic E-state index is -4.85. The maximum Gasteiger partial charge on any atom is 0.573 e. The molecule has 0 amide bonds. The third kappa shape index (κ3) is 5.87. The average molecular weight is 459 g/mol. The molecule has 168 valence electrons. The number of nitrogens with zero attached hydrogens (tertiary/aromatic N) is 2. The SMILES string of the molecule is Cn1cccc(CONC2=CCN(S(=O)(=O)c3ccc(OC(F)(F)F)cc3)CC2)c1=O. The molecule has 2 heterocycles. The number of ether oxygens (including phenoxy) is 1. The van der Waals surface area contributed by atoms with Gasteiger partial charge in [-0.15, -0.1) is 13.2 Å². The lowest BCUT2D eigenvalue weighted by Crippen LogP contribution is -2.36. The number of sulfonamides is 1. The van der Waals surface area contributed by atoms with Gasteiger partial charge in [-0.3, -0.25) is 15.1 Å². The topological polar surface area (TPSA) is 89.9 Å². The lowest BCUT2D eigenvalue weighted by atomic mass is 10.2. The Morgan fingerprint density at radius 1 is 1.16 bits per heavy atom. The molecule has 0 saturated carbocycles. The van der Waals surface area contributed by atoms with Crippen molar-refractivity contribution in [2.24, 2.45) is 7.05 Å². The number of hydroxylamine groups is 1. The molecule has 12 heteroatoms. The molecule has 1 aromatic carbocycles. The molecule has 1 aromatic heterocycles. The summed E-state index contributed by atoms with van der Waals surface area (Å²) in [4.78, 5) is 17.1. The van der Waals surface area contributed by atoms with Gasteiger partial charge in [-0.05, 0) is 42.5 Å². The third-order valence-corrected chi connectivity index (χ3v) is 6.38. The van der Waals surface area contributed by atoms with Crippen molar-refractivity contribution < 1.29 is 31.2 Å². The van der Waals surface area contributed by atoms with Crippen molar-refractivity contribution in [2.75, 3.05) is 13.1 Å². The molecule has 0 spiro atoms. The van der Waals surface area contributed by atoms with Gasteiger partial charge in [0.15, 0.2) is 0 Å². The normalized spacial score (nSPS) is 15.4. The van der Waals surface area contributed by atoms with Gasteiger partial charge in [-0.1, -0.05) is 0 Å². The zero-order chi connectivity index (χ0) is 22.6. The lowest BCUT2D eigenvalue weighted by molar-refractivity contribution is -0.274. The van der Waals surface area contributed by atoms with E-state index in [2.05, 4.69) is 10.2 Å². The summed E-state index contributed by atoms with van der Waals surface area (Å²) in [6.45, 7) is 0.250. The Kier molecular flexibility index (Phi) is 6.72. The van der Waals surface area contributed by atoms with Crippen LogP contribution in [0.25, 0.3) is 0 Å². The maximum absolute atomic E-state index is 12.7. The van der Waals surface area contributed by atoms with E-state index in [0.717, 1.165) is 24.3 Å². The summed E-state index contributed by atoms with van der Waals surface area (Å²) in [5.41, 5.74) is 3.68. The number of rotatable bonds is 7. The Labute approximate surface area is 176 Å². The van der Waals surface area contributed by atoms with E-state index in [1.165, 1.54) is 8.87 Å². The van der Waals surface area contributed by atoms with Gasteiger partial charge in [0.05, 0.1) is 4.90 Å². The zero-order valence-corrected chi connectivity index (χ0v) is 17.2. The van der Waals surface area contributed by atoms with Crippen LogP contribution in [0, 0.1) is 0 Å². The van der Waals surface area contributed by atoms with Crippen LogP contribution in [0.1, 0.15) is 12.0 Å². The highest BCUT2D eigenvalue weighted by Crippen LogP contribution is 2.26. The number of hydrogen-bond acceptors (Lipinski definition) is 6. The molecule has 0 bridgehead atoms. The highest BCUT2D eigenvalue weighted by molar-refractivity contribution is 7.89. The minimum Gasteiger partial charge on any atom is -0.406 e. The molecular weight excluding hydrogens is 439 g/mol. The quantitative estimate of drug-likeness (QED) is 0.639. The van der Waals surface area contributed by atoms with Crippen LogP contribution in [0.3, 0.4) is 0 Å². The van der Waals surface area contributed by atoms with E-state index in [1.807, 2.05) is 0 Å². The van der Waals surface area contributed by atoms with Crippen LogP contribution < -0.4 is 15.8 Å². The second-order valence-electron chi connectivity index (χ2n) is 6.70. The molecule has 31 heavy (non-hydrogen) atoms. The van der Waals surface area contributed by atoms with E-state index in [1.54, 1.807) is 31.5 Å². The van der Waals surface area contributed by atoms with Crippen molar-refractivity contribution in [3.8, 4) is 5.75 Å². The van der Waals surface area contributed by atoms with Crippen LogP contribution >= 0.6 is 0 Å². The van der Waals surface area contributed by atoms with Crippen molar-refractivity contribution >= 4 is 10.0 Å². The second kappa shape index (κ2) is 9.12. The van der Waals surface area contributed by atoms with Crippen LogP contribution in [-0.4, -0.2) is 36.7 Å². The molecule has 2 aromatic rings. The third-order valence-electron chi connectivity index (χ3n) is 4.50. The fraction of sp³-hybridized carbons (Fsp3) is 0.316. The van der Waals surface area contributed by atoms with E-state index in [9.17, 15) is 26.4 Å². The van der Waals surface area contributed by atoms with E-state index in [-0.39, 0.29) is 30.2 Å². The van der Waals surface area contributed by atoms with Crippen molar-refractivity contribution in [3.63, 3.8) is 0 Å². The highest BCUT2D eigenvalue weighted by Gasteiger charge is 2.31. The number of hydrogen-bond donors (Lipinski definition) is 1. The fourth-order valence-electron chi connectivity index (χ4n) is 2.89. The standard InChI is InChI=1S/C19H20F3N3O5S/c1-24-10-2-3-14(18(24)26)13-29-23-15-8-11-25(12-9-15)31(27,28)17-6-4-16(5-7-17)30-19(20,21)22/h2-8,10,23H,9,11-13H2,1H3.